The maximum atomic E-state index is 9.47. The summed E-state index contributed by atoms with van der Waals surface area (Å²) in [6, 6.07) is 8.14. The zero-order chi connectivity index (χ0) is 11.5. The number of fused-ring (bicyclic) bond motifs is 1. The maximum Gasteiger partial charge on any atom is 0.112 e. The van der Waals surface area contributed by atoms with E-state index in [2.05, 4.69) is 22.5 Å². The highest BCUT2D eigenvalue weighted by Crippen LogP contribution is 2.17. The minimum atomic E-state index is -0.340. The minimum Gasteiger partial charge on any atom is -0.393 e. The number of benzene rings is 1. The maximum absolute atomic E-state index is 9.47. The van der Waals surface area contributed by atoms with Gasteiger partial charge in [-0.25, -0.2) is 4.98 Å². The van der Waals surface area contributed by atoms with E-state index in [4.69, 9.17) is 0 Å². The predicted octanol–water partition coefficient (Wildman–Crippen LogP) is 2.37. The van der Waals surface area contributed by atoms with E-state index < -0.39 is 0 Å². The average molecular weight is 218 g/mol. The molecule has 86 valence electrons. The molecule has 1 heterocycles. The Kier molecular flexibility index (Phi) is 3.25. The third-order valence-corrected chi connectivity index (χ3v) is 2.66. The van der Waals surface area contributed by atoms with E-state index in [1.54, 1.807) is 6.92 Å². The number of nitrogens with zero attached hydrogens (tertiary/aromatic N) is 2. The van der Waals surface area contributed by atoms with E-state index in [-0.39, 0.29) is 6.10 Å². The van der Waals surface area contributed by atoms with Crippen LogP contribution < -0.4 is 0 Å². The molecule has 0 saturated carbocycles. The average Bonchev–Trinajstić information content (AvgIpc) is 2.57. The third-order valence-electron chi connectivity index (χ3n) is 2.66. The molecular weight excluding hydrogens is 200 g/mol. The van der Waals surface area contributed by atoms with Crippen molar-refractivity contribution >= 4 is 11.0 Å². The fourth-order valence-electron chi connectivity index (χ4n) is 2.02. The summed E-state index contributed by atoms with van der Waals surface area (Å²) in [5, 5.41) is 9.47. The molecule has 1 unspecified atom stereocenters. The van der Waals surface area contributed by atoms with Crippen LogP contribution in [0.25, 0.3) is 11.0 Å². The molecule has 0 aliphatic heterocycles. The lowest BCUT2D eigenvalue weighted by molar-refractivity contribution is 0.191. The van der Waals surface area contributed by atoms with Crippen LogP contribution in [0.4, 0.5) is 0 Å². The van der Waals surface area contributed by atoms with Crippen LogP contribution in [0.1, 0.15) is 26.1 Å². The second kappa shape index (κ2) is 4.66. The fraction of sp³-hybridized carbons (Fsp3) is 0.462. The first-order valence-corrected chi connectivity index (χ1v) is 5.84. The summed E-state index contributed by atoms with van der Waals surface area (Å²) in [5.74, 6) is 0.984. The molecule has 1 aromatic carbocycles. The Labute approximate surface area is 95.7 Å². The summed E-state index contributed by atoms with van der Waals surface area (Å²) >= 11 is 0. The monoisotopic (exact) mass is 218 g/mol. The number of hydrogen-bond donors (Lipinski definition) is 1. The van der Waals surface area contributed by atoms with Crippen LogP contribution in [0.15, 0.2) is 24.3 Å². The smallest absolute Gasteiger partial charge is 0.112 e. The van der Waals surface area contributed by atoms with Crippen LogP contribution >= 0.6 is 0 Å². The van der Waals surface area contributed by atoms with E-state index in [1.807, 2.05) is 18.2 Å². The summed E-state index contributed by atoms with van der Waals surface area (Å²) < 4.78 is 2.21. The van der Waals surface area contributed by atoms with E-state index in [0.29, 0.717) is 6.42 Å². The van der Waals surface area contributed by atoms with Gasteiger partial charge in [-0.3, -0.25) is 0 Å². The zero-order valence-corrected chi connectivity index (χ0v) is 9.85. The first-order chi connectivity index (χ1) is 7.72. The van der Waals surface area contributed by atoms with Crippen molar-refractivity contribution in [1.82, 2.24) is 9.55 Å². The fourth-order valence-corrected chi connectivity index (χ4v) is 2.02. The second-order valence-corrected chi connectivity index (χ2v) is 4.22. The highest BCUT2D eigenvalue weighted by Gasteiger charge is 2.11. The van der Waals surface area contributed by atoms with Gasteiger partial charge in [0.25, 0.3) is 0 Å². The molecule has 0 spiro atoms. The van der Waals surface area contributed by atoms with Crippen LogP contribution in [0.3, 0.4) is 0 Å². The van der Waals surface area contributed by atoms with Gasteiger partial charge in [-0.05, 0) is 25.5 Å². The Morgan fingerprint density at radius 1 is 1.38 bits per heavy atom. The molecule has 1 aromatic heterocycles. The molecule has 3 nitrogen and oxygen atoms in total. The number of aliphatic hydroxyl groups excluding tert-OH is 1. The summed E-state index contributed by atoms with van der Waals surface area (Å²) in [6.07, 6.45) is 1.36. The van der Waals surface area contributed by atoms with Crippen molar-refractivity contribution in [3.8, 4) is 0 Å². The Morgan fingerprint density at radius 2 is 2.12 bits per heavy atom. The minimum absolute atomic E-state index is 0.340. The third kappa shape index (κ3) is 2.09. The molecule has 16 heavy (non-hydrogen) atoms. The van der Waals surface area contributed by atoms with Crippen molar-refractivity contribution in [2.24, 2.45) is 0 Å². The molecule has 0 bridgehead atoms. The van der Waals surface area contributed by atoms with Crippen LogP contribution in [-0.2, 0) is 13.0 Å². The molecule has 0 aliphatic rings. The molecule has 2 aromatic rings. The van der Waals surface area contributed by atoms with Gasteiger partial charge in [0.2, 0.25) is 0 Å². The zero-order valence-electron chi connectivity index (χ0n) is 9.85. The summed E-state index contributed by atoms with van der Waals surface area (Å²) in [6.45, 7) is 4.92. The normalized spacial score (nSPS) is 13.2. The molecule has 3 heteroatoms. The number of hydrogen-bond acceptors (Lipinski definition) is 2. The highest BCUT2D eigenvalue weighted by molar-refractivity contribution is 5.75. The number of imidazole rings is 1. The first kappa shape index (κ1) is 11.1. The highest BCUT2D eigenvalue weighted by atomic mass is 16.3. The lowest BCUT2D eigenvalue weighted by Crippen LogP contribution is -2.11. The van der Waals surface area contributed by atoms with E-state index in [9.17, 15) is 5.11 Å². The Hall–Kier alpha value is -1.35. The lowest BCUT2D eigenvalue weighted by Gasteiger charge is -2.08. The van der Waals surface area contributed by atoms with Gasteiger partial charge in [0.15, 0.2) is 0 Å². The quantitative estimate of drug-likeness (QED) is 0.855. The van der Waals surface area contributed by atoms with Crippen LogP contribution in [-0.4, -0.2) is 20.8 Å². The number of aliphatic hydroxyl groups is 1. The molecular formula is C13H18N2O. The molecule has 2 rings (SSSR count). The van der Waals surface area contributed by atoms with Gasteiger partial charge in [-0.15, -0.1) is 0 Å². The number of rotatable bonds is 4. The van der Waals surface area contributed by atoms with Gasteiger partial charge in [0.1, 0.15) is 5.82 Å². The van der Waals surface area contributed by atoms with Gasteiger partial charge in [0, 0.05) is 13.0 Å². The Morgan fingerprint density at radius 3 is 2.81 bits per heavy atom. The summed E-state index contributed by atoms with van der Waals surface area (Å²) in [4.78, 5) is 4.57. The van der Waals surface area contributed by atoms with Crippen LogP contribution in [0, 0.1) is 0 Å². The largest absolute Gasteiger partial charge is 0.393 e. The number of aromatic nitrogens is 2. The molecule has 0 saturated heterocycles. The van der Waals surface area contributed by atoms with Crippen molar-refractivity contribution in [3.63, 3.8) is 0 Å². The molecule has 0 aliphatic carbocycles. The van der Waals surface area contributed by atoms with Gasteiger partial charge in [0.05, 0.1) is 17.1 Å². The Balaban J connectivity index is 2.49. The standard InChI is InChI=1S/C13H18N2O/c1-3-8-15-12-7-5-4-6-11(12)14-13(15)9-10(2)16/h4-7,10,16H,3,8-9H2,1-2H3. The molecule has 0 radical (unpaired) electrons. The van der Waals surface area contributed by atoms with Gasteiger partial charge in [-0.1, -0.05) is 19.1 Å². The summed E-state index contributed by atoms with van der Waals surface area (Å²) in [5.41, 5.74) is 2.19. The van der Waals surface area contributed by atoms with Crippen molar-refractivity contribution < 1.29 is 5.11 Å². The molecule has 0 amide bonds. The molecule has 0 fully saturated rings. The van der Waals surface area contributed by atoms with Gasteiger partial charge >= 0.3 is 0 Å². The van der Waals surface area contributed by atoms with Crippen molar-refractivity contribution in [2.45, 2.75) is 39.3 Å². The summed E-state index contributed by atoms with van der Waals surface area (Å²) in [7, 11) is 0. The second-order valence-electron chi connectivity index (χ2n) is 4.22. The predicted molar refractivity (Wildman–Crippen MR) is 65.4 cm³/mol. The van der Waals surface area contributed by atoms with Gasteiger partial charge < -0.3 is 9.67 Å². The van der Waals surface area contributed by atoms with Crippen LogP contribution in [0.2, 0.25) is 0 Å². The number of para-hydroxylation sites is 2. The van der Waals surface area contributed by atoms with Crippen LogP contribution in [0.5, 0.6) is 0 Å². The SMILES string of the molecule is CCCn1c(CC(C)O)nc2ccccc21. The Bertz CT molecular complexity index is 474. The van der Waals surface area contributed by atoms with E-state index in [1.165, 1.54) is 5.52 Å². The van der Waals surface area contributed by atoms with Crippen molar-refractivity contribution in [3.05, 3.63) is 30.1 Å². The molecule has 1 N–H and O–H groups in total. The topological polar surface area (TPSA) is 38.0 Å². The van der Waals surface area contributed by atoms with E-state index in [0.717, 1.165) is 24.3 Å². The van der Waals surface area contributed by atoms with Crippen molar-refractivity contribution in [1.29, 1.82) is 0 Å². The lowest BCUT2D eigenvalue weighted by atomic mass is 10.2. The molecule has 1 atom stereocenters. The number of aryl methyl sites for hydroxylation is 1. The van der Waals surface area contributed by atoms with Gasteiger partial charge in [-0.2, -0.15) is 0 Å². The van der Waals surface area contributed by atoms with E-state index >= 15 is 0 Å². The van der Waals surface area contributed by atoms with Crippen molar-refractivity contribution in [2.75, 3.05) is 0 Å². The first-order valence-electron chi connectivity index (χ1n) is 5.84.